The van der Waals surface area contributed by atoms with E-state index in [1.165, 1.54) is 4.90 Å². The summed E-state index contributed by atoms with van der Waals surface area (Å²) in [6, 6.07) is 5.77. The third-order valence-corrected chi connectivity index (χ3v) is 6.06. The molecule has 12 heteroatoms. The zero-order valence-corrected chi connectivity index (χ0v) is 20.2. The summed E-state index contributed by atoms with van der Waals surface area (Å²) in [5, 5.41) is 9.14. The van der Waals surface area contributed by atoms with Crippen molar-refractivity contribution in [2.45, 2.75) is 38.7 Å². The van der Waals surface area contributed by atoms with E-state index in [-0.39, 0.29) is 51.1 Å². The van der Waals surface area contributed by atoms with E-state index in [1.807, 2.05) is 32.0 Å². The lowest BCUT2D eigenvalue weighted by Gasteiger charge is -2.41. The first-order valence-electron chi connectivity index (χ1n) is 10.8. The fourth-order valence-electron chi connectivity index (χ4n) is 4.14. The van der Waals surface area contributed by atoms with Gasteiger partial charge in [0.1, 0.15) is 0 Å². The van der Waals surface area contributed by atoms with E-state index >= 15 is 0 Å². The summed E-state index contributed by atoms with van der Waals surface area (Å²) in [7, 11) is 0. The Morgan fingerprint density at radius 1 is 0.917 bits per heavy atom. The maximum Gasteiger partial charge on any atom is 0.416 e. The van der Waals surface area contributed by atoms with E-state index in [0.717, 1.165) is 16.7 Å². The largest absolute Gasteiger partial charge is 0.480 e. The third-order valence-electron chi connectivity index (χ3n) is 6.06. The van der Waals surface area contributed by atoms with Crippen LogP contribution < -0.4 is 0 Å². The highest BCUT2D eigenvalue weighted by Crippen LogP contribution is 2.37. The Labute approximate surface area is 210 Å². The molecule has 1 amide bonds. The average molecular weight is 539 g/mol. The minimum Gasteiger partial charge on any atom is -0.480 e. The first-order valence-corrected chi connectivity index (χ1v) is 10.8. The molecule has 0 aliphatic carbocycles. The van der Waals surface area contributed by atoms with Crippen molar-refractivity contribution < 1.29 is 41.0 Å². The van der Waals surface area contributed by atoms with Gasteiger partial charge in [-0.1, -0.05) is 18.2 Å². The van der Waals surface area contributed by atoms with E-state index in [0.29, 0.717) is 12.1 Å². The minimum atomic E-state index is -5.07. The van der Waals surface area contributed by atoms with Crippen LogP contribution in [0.2, 0.25) is 0 Å². The van der Waals surface area contributed by atoms with Crippen molar-refractivity contribution in [2.75, 3.05) is 26.2 Å². The Kier molecular flexibility index (Phi) is 9.06. The zero-order valence-electron chi connectivity index (χ0n) is 19.4. The zero-order chi connectivity index (χ0) is 26.1. The monoisotopic (exact) mass is 538 g/mol. The molecule has 0 spiro atoms. The van der Waals surface area contributed by atoms with Gasteiger partial charge in [-0.25, -0.2) is 0 Å². The van der Waals surface area contributed by atoms with Crippen LogP contribution in [0.25, 0.3) is 0 Å². The highest BCUT2D eigenvalue weighted by Gasteiger charge is 2.39. The first-order chi connectivity index (χ1) is 16.1. The van der Waals surface area contributed by atoms with Gasteiger partial charge < -0.3 is 10.0 Å². The Balaban J connectivity index is 0.00000456. The van der Waals surface area contributed by atoms with Gasteiger partial charge in [0.25, 0.3) is 5.91 Å². The number of carbonyl (C=O) groups is 2. The number of amides is 1. The van der Waals surface area contributed by atoms with Gasteiger partial charge in [-0.2, -0.15) is 26.3 Å². The molecule has 1 aliphatic rings. The number of aliphatic carboxylic acids is 1. The summed E-state index contributed by atoms with van der Waals surface area (Å²) in [5.41, 5.74) is -1.03. The molecule has 1 heterocycles. The van der Waals surface area contributed by atoms with Gasteiger partial charge in [-0.05, 0) is 55.2 Å². The molecule has 198 valence electrons. The van der Waals surface area contributed by atoms with Crippen LogP contribution in [0.15, 0.2) is 36.4 Å². The number of rotatable bonds is 5. The molecule has 0 saturated carbocycles. The standard InChI is InChI=1S/C24H24F6N2O3.ClH/c1-14-3-4-16(7-15(14)2)8-20-12-31(13-21(33)34)5-6-32(20)22(35)17-9-18(23(25,26)27)11-19(10-17)24(28,29)30;/h3-4,7,9-11,20H,5-6,8,12-13H2,1-2H3,(H,33,34);1H/t20-;/m1./s1. The highest BCUT2D eigenvalue weighted by molar-refractivity contribution is 5.95. The number of hydrogen-bond donors (Lipinski definition) is 1. The molecule has 0 radical (unpaired) electrons. The number of hydrogen-bond acceptors (Lipinski definition) is 3. The number of halogens is 7. The summed E-state index contributed by atoms with van der Waals surface area (Å²) in [6.07, 6.45) is -9.89. The van der Waals surface area contributed by atoms with Crippen molar-refractivity contribution in [1.82, 2.24) is 9.80 Å². The van der Waals surface area contributed by atoms with Crippen molar-refractivity contribution in [1.29, 1.82) is 0 Å². The number of nitrogens with zero attached hydrogens (tertiary/aromatic N) is 2. The predicted molar refractivity (Wildman–Crippen MR) is 122 cm³/mol. The second-order valence-corrected chi connectivity index (χ2v) is 8.70. The van der Waals surface area contributed by atoms with Crippen LogP contribution in [0.4, 0.5) is 26.3 Å². The molecule has 1 fully saturated rings. The molecule has 1 N–H and O–H groups in total. The molecule has 1 saturated heterocycles. The second kappa shape index (κ2) is 11.1. The molecule has 1 aliphatic heterocycles. The summed E-state index contributed by atoms with van der Waals surface area (Å²) in [5.74, 6) is -2.05. The smallest absolute Gasteiger partial charge is 0.416 e. The maximum atomic E-state index is 13.3. The molecular formula is C24H25ClF6N2O3. The van der Waals surface area contributed by atoms with Crippen LogP contribution in [-0.2, 0) is 23.6 Å². The van der Waals surface area contributed by atoms with Gasteiger partial charge >= 0.3 is 18.3 Å². The molecule has 2 aromatic carbocycles. The van der Waals surface area contributed by atoms with Crippen molar-refractivity contribution >= 4 is 24.3 Å². The Hall–Kier alpha value is -2.79. The summed E-state index contributed by atoms with van der Waals surface area (Å²) in [6.45, 7) is 3.69. The van der Waals surface area contributed by atoms with E-state index < -0.39 is 47.0 Å². The van der Waals surface area contributed by atoms with E-state index in [2.05, 4.69) is 0 Å². The number of carboxylic acid groups (broad SMARTS) is 1. The SMILES string of the molecule is Cc1ccc(C[C@@H]2CN(CC(=O)O)CCN2C(=O)c2cc(C(F)(F)F)cc(C(F)(F)F)c2)cc1C.Cl. The minimum absolute atomic E-state index is 0. The molecular weight excluding hydrogens is 514 g/mol. The number of carbonyl (C=O) groups excluding carboxylic acids is 1. The van der Waals surface area contributed by atoms with E-state index in [9.17, 15) is 35.9 Å². The van der Waals surface area contributed by atoms with Crippen LogP contribution in [0.3, 0.4) is 0 Å². The lowest BCUT2D eigenvalue weighted by Crippen LogP contribution is -2.56. The third kappa shape index (κ3) is 7.13. The Morgan fingerprint density at radius 2 is 1.50 bits per heavy atom. The summed E-state index contributed by atoms with van der Waals surface area (Å²) < 4.78 is 79.8. The average Bonchev–Trinajstić information content (AvgIpc) is 2.74. The quantitative estimate of drug-likeness (QED) is 0.531. The molecule has 5 nitrogen and oxygen atoms in total. The molecule has 2 aromatic rings. The fraction of sp³-hybridized carbons (Fsp3) is 0.417. The summed E-state index contributed by atoms with van der Waals surface area (Å²) >= 11 is 0. The van der Waals surface area contributed by atoms with Crippen molar-refractivity contribution in [3.63, 3.8) is 0 Å². The first kappa shape index (κ1) is 29.4. The van der Waals surface area contributed by atoms with Gasteiger partial charge in [-0.3, -0.25) is 14.5 Å². The van der Waals surface area contributed by atoms with E-state index in [4.69, 9.17) is 5.11 Å². The van der Waals surface area contributed by atoms with Crippen LogP contribution in [0, 0.1) is 13.8 Å². The number of alkyl halides is 6. The molecule has 0 aromatic heterocycles. The van der Waals surface area contributed by atoms with Crippen LogP contribution in [0.5, 0.6) is 0 Å². The van der Waals surface area contributed by atoms with Gasteiger partial charge in [0.2, 0.25) is 0 Å². The molecule has 0 unspecified atom stereocenters. The Bertz CT molecular complexity index is 1090. The normalized spacial score (nSPS) is 17.0. The van der Waals surface area contributed by atoms with Crippen LogP contribution in [0.1, 0.15) is 38.2 Å². The highest BCUT2D eigenvalue weighted by atomic mass is 35.5. The van der Waals surface area contributed by atoms with Crippen molar-refractivity contribution in [2.24, 2.45) is 0 Å². The van der Waals surface area contributed by atoms with Crippen LogP contribution in [-0.4, -0.2) is 59.0 Å². The number of aryl methyl sites for hydroxylation is 2. The van der Waals surface area contributed by atoms with E-state index in [1.54, 1.807) is 4.90 Å². The van der Waals surface area contributed by atoms with Gasteiger partial charge in [-0.15, -0.1) is 12.4 Å². The lowest BCUT2D eigenvalue weighted by atomic mass is 9.97. The number of carboxylic acids is 1. The maximum absolute atomic E-state index is 13.3. The lowest BCUT2D eigenvalue weighted by molar-refractivity contribution is -0.143. The van der Waals surface area contributed by atoms with Gasteiger partial charge in [0.05, 0.1) is 17.7 Å². The second-order valence-electron chi connectivity index (χ2n) is 8.70. The van der Waals surface area contributed by atoms with Crippen molar-refractivity contribution in [3.8, 4) is 0 Å². The predicted octanol–water partition coefficient (Wildman–Crippen LogP) is 5.22. The summed E-state index contributed by atoms with van der Waals surface area (Å²) in [4.78, 5) is 27.3. The Morgan fingerprint density at radius 3 is 2.00 bits per heavy atom. The molecule has 0 bridgehead atoms. The fourth-order valence-corrected chi connectivity index (χ4v) is 4.14. The van der Waals surface area contributed by atoms with Crippen molar-refractivity contribution in [3.05, 3.63) is 69.8 Å². The molecule has 36 heavy (non-hydrogen) atoms. The number of benzene rings is 2. The van der Waals surface area contributed by atoms with Gasteiger partial charge in [0.15, 0.2) is 0 Å². The molecule has 1 atom stereocenters. The number of piperazine rings is 1. The van der Waals surface area contributed by atoms with Gasteiger partial charge in [0, 0.05) is 31.2 Å². The molecule has 3 rings (SSSR count). The van der Waals surface area contributed by atoms with Crippen LogP contribution >= 0.6 is 12.4 Å². The topological polar surface area (TPSA) is 60.9 Å².